The molecule has 0 radical (unpaired) electrons. The fourth-order valence-electron chi connectivity index (χ4n) is 3.61. The number of nitriles is 1. The van der Waals surface area contributed by atoms with Gasteiger partial charge in [-0.15, -0.1) is 0 Å². The van der Waals surface area contributed by atoms with E-state index < -0.39 is 17.7 Å². The quantitative estimate of drug-likeness (QED) is 0.733. The summed E-state index contributed by atoms with van der Waals surface area (Å²) in [6.45, 7) is 0. The van der Waals surface area contributed by atoms with Gasteiger partial charge in [-0.2, -0.15) is 5.26 Å². The zero-order valence-corrected chi connectivity index (χ0v) is 16.5. The van der Waals surface area contributed by atoms with E-state index in [1.807, 2.05) is 30.3 Å². The molecule has 0 saturated heterocycles. The molecule has 2 aromatic carbocycles. The van der Waals surface area contributed by atoms with Crippen molar-refractivity contribution >= 4 is 33.4 Å². The van der Waals surface area contributed by atoms with Gasteiger partial charge in [-0.3, -0.25) is 19.4 Å². The van der Waals surface area contributed by atoms with Gasteiger partial charge in [-0.05, 0) is 29.8 Å². The first kappa shape index (κ1) is 18.0. The van der Waals surface area contributed by atoms with E-state index in [4.69, 9.17) is 5.73 Å². The Balaban J connectivity index is 2.01. The Morgan fingerprint density at radius 1 is 1.04 bits per heavy atom. The van der Waals surface area contributed by atoms with Crippen molar-refractivity contribution in [1.82, 2.24) is 4.90 Å². The molecule has 1 atom stereocenters. The highest BCUT2D eigenvalue weighted by Crippen LogP contribution is 2.45. The number of hydrogen-bond donors (Lipinski definition) is 1. The van der Waals surface area contributed by atoms with Crippen LogP contribution in [0.2, 0.25) is 0 Å². The zero-order chi connectivity index (χ0) is 20.0. The van der Waals surface area contributed by atoms with Gasteiger partial charge in [0.25, 0.3) is 11.8 Å². The topological polar surface area (TPSA) is 90.4 Å². The molecule has 2 amide bonds. The summed E-state index contributed by atoms with van der Waals surface area (Å²) >= 11 is 3.39. The maximum absolute atomic E-state index is 13.0. The second-order valence-corrected chi connectivity index (χ2v) is 7.41. The molecule has 0 bridgehead atoms. The van der Waals surface area contributed by atoms with E-state index in [0.29, 0.717) is 5.69 Å². The number of halogens is 1. The smallest absolute Gasteiger partial charge is 0.278 e. The summed E-state index contributed by atoms with van der Waals surface area (Å²) in [5, 5.41) is 9.89. The van der Waals surface area contributed by atoms with E-state index in [1.54, 1.807) is 24.3 Å². The number of nitrogens with two attached hydrogens (primary N) is 1. The fourth-order valence-corrected chi connectivity index (χ4v) is 3.88. The average Bonchev–Trinajstić information content (AvgIpc) is 2.93. The van der Waals surface area contributed by atoms with Crippen LogP contribution < -0.4 is 10.6 Å². The Morgan fingerprint density at radius 3 is 2.29 bits per heavy atom. The first-order valence-electron chi connectivity index (χ1n) is 8.52. The predicted molar refractivity (Wildman–Crippen MR) is 107 cm³/mol. The van der Waals surface area contributed by atoms with Gasteiger partial charge in [0, 0.05) is 17.2 Å². The van der Waals surface area contributed by atoms with Crippen LogP contribution in [0.15, 0.2) is 81.7 Å². The molecule has 2 heterocycles. The summed E-state index contributed by atoms with van der Waals surface area (Å²) in [6, 6.07) is 18.5. The minimum atomic E-state index is -0.700. The lowest BCUT2D eigenvalue weighted by atomic mass is 9.81. The van der Waals surface area contributed by atoms with Crippen LogP contribution in [-0.4, -0.2) is 23.8 Å². The average molecular weight is 435 g/mol. The van der Waals surface area contributed by atoms with Gasteiger partial charge in [-0.25, -0.2) is 0 Å². The number of nitrogens with zero attached hydrogens (tertiary/aromatic N) is 3. The summed E-state index contributed by atoms with van der Waals surface area (Å²) in [5.74, 6) is -1.41. The van der Waals surface area contributed by atoms with Crippen LogP contribution in [0.25, 0.3) is 0 Å². The molecule has 138 valence electrons. The third-order valence-electron chi connectivity index (χ3n) is 4.95. The standard InChI is InChI=1S/C21H15BrN4O2/c1-25-20(27)17-16(12-7-9-13(22)10-8-12)15(11-23)19(24)26(18(17)21(25)28)14-5-3-2-4-6-14/h2-10,16H,24H2,1H3. The number of hydrogen-bond acceptors (Lipinski definition) is 5. The summed E-state index contributed by atoms with van der Waals surface area (Å²) < 4.78 is 0.869. The molecular formula is C21H15BrN4O2. The molecule has 0 saturated carbocycles. The summed E-state index contributed by atoms with van der Waals surface area (Å²) in [4.78, 5) is 28.5. The van der Waals surface area contributed by atoms with Crippen LogP contribution in [0.4, 0.5) is 5.69 Å². The largest absolute Gasteiger partial charge is 0.384 e. The first-order valence-corrected chi connectivity index (χ1v) is 9.32. The maximum Gasteiger partial charge on any atom is 0.278 e. The number of anilines is 1. The van der Waals surface area contributed by atoms with E-state index in [-0.39, 0.29) is 22.7 Å². The molecule has 1 unspecified atom stereocenters. The van der Waals surface area contributed by atoms with Crippen molar-refractivity contribution in [2.75, 3.05) is 11.9 Å². The van der Waals surface area contributed by atoms with Gasteiger partial charge < -0.3 is 5.73 Å². The Morgan fingerprint density at radius 2 is 1.68 bits per heavy atom. The maximum atomic E-state index is 13.0. The van der Waals surface area contributed by atoms with Crippen molar-refractivity contribution < 1.29 is 9.59 Å². The molecule has 0 spiro atoms. The lowest BCUT2D eigenvalue weighted by Gasteiger charge is -2.33. The van der Waals surface area contributed by atoms with Crippen molar-refractivity contribution in [2.45, 2.75) is 5.92 Å². The second kappa shape index (κ2) is 6.66. The monoisotopic (exact) mass is 434 g/mol. The first-order chi connectivity index (χ1) is 13.5. The van der Waals surface area contributed by atoms with Crippen molar-refractivity contribution in [2.24, 2.45) is 5.73 Å². The van der Waals surface area contributed by atoms with Crippen molar-refractivity contribution in [3.63, 3.8) is 0 Å². The third kappa shape index (κ3) is 2.53. The number of amides is 2. The van der Waals surface area contributed by atoms with Gasteiger partial charge in [0.15, 0.2) is 0 Å². The lowest BCUT2D eigenvalue weighted by Crippen LogP contribution is -2.37. The van der Waals surface area contributed by atoms with Crippen LogP contribution >= 0.6 is 15.9 Å². The Labute approximate surface area is 170 Å². The highest BCUT2D eigenvalue weighted by molar-refractivity contribution is 9.10. The number of allylic oxidation sites excluding steroid dienone is 1. The number of carbonyl (C=O) groups is 2. The second-order valence-electron chi connectivity index (χ2n) is 6.50. The summed E-state index contributed by atoms with van der Waals surface area (Å²) in [5.41, 5.74) is 8.43. The SMILES string of the molecule is CN1C(=O)C2=C(C1=O)N(c1ccccc1)C(N)=C(C#N)C2c1ccc(Br)cc1. The third-order valence-corrected chi connectivity index (χ3v) is 5.48. The molecule has 28 heavy (non-hydrogen) atoms. The fraction of sp³-hybridized carbons (Fsp3) is 0.0952. The van der Waals surface area contributed by atoms with Gasteiger partial charge >= 0.3 is 0 Å². The molecule has 2 N–H and O–H groups in total. The highest BCUT2D eigenvalue weighted by atomic mass is 79.9. The van der Waals surface area contributed by atoms with Crippen molar-refractivity contribution in [3.05, 3.63) is 87.3 Å². The van der Waals surface area contributed by atoms with Crippen LogP contribution in [0.5, 0.6) is 0 Å². The number of para-hydroxylation sites is 1. The lowest BCUT2D eigenvalue weighted by molar-refractivity contribution is -0.136. The van der Waals surface area contributed by atoms with E-state index in [2.05, 4.69) is 22.0 Å². The van der Waals surface area contributed by atoms with Crippen LogP contribution in [-0.2, 0) is 9.59 Å². The van der Waals surface area contributed by atoms with Crippen molar-refractivity contribution in [1.29, 1.82) is 5.26 Å². The molecule has 0 aliphatic carbocycles. The Kier molecular flexibility index (Phi) is 4.28. The minimum absolute atomic E-state index is 0.150. The van der Waals surface area contributed by atoms with E-state index in [1.165, 1.54) is 11.9 Å². The molecule has 0 aromatic heterocycles. The molecule has 2 aliphatic rings. The van der Waals surface area contributed by atoms with E-state index >= 15 is 0 Å². The van der Waals surface area contributed by atoms with Crippen LogP contribution in [0.3, 0.4) is 0 Å². The molecular weight excluding hydrogens is 420 g/mol. The number of rotatable bonds is 2. The highest BCUT2D eigenvalue weighted by Gasteiger charge is 2.48. The van der Waals surface area contributed by atoms with Crippen LogP contribution in [0.1, 0.15) is 11.5 Å². The number of benzene rings is 2. The minimum Gasteiger partial charge on any atom is -0.384 e. The Bertz CT molecular complexity index is 1100. The van der Waals surface area contributed by atoms with Crippen molar-refractivity contribution in [3.8, 4) is 6.07 Å². The number of imide groups is 1. The summed E-state index contributed by atoms with van der Waals surface area (Å²) in [6.07, 6.45) is 0. The zero-order valence-electron chi connectivity index (χ0n) is 14.9. The number of likely N-dealkylation sites (N-methyl/N-ethyl adjacent to an activating group) is 1. The molecule has 4 rings (SSSR count). The van der Waals surface area contributed by atoms with Crippen LogP contribution in [0, 0.1) is 11.3 Å². The van der Waals surface area contributed by atoms with Gasteiger partial charge in [0.2, 0.25) is 0 Å². The van der Waals surface area contributed by atoms with E-state index in [0.717, 1.165) is 14.9 Å². The molecule has 2 aromatic rings. The predicted octanol–water partition coefficient (Wildman–Crippen LogP) is 3.00. The molecule has 2 aliphatic heterocycles. The molecule has 7 heteroatoms. The van der Waals surface area contributed by atoms with Gasteiger partial charge in [-0.1, -0.05) is 46.3 Å². The van der Waals surface area contributed by atoms with Gasteiger partial charge in [0.1, 0.15) is 11.5 Å². The summed E-state index contributed by atoms with van der Waals surface area (Å²) in [7, 11) is 1.44. The van der Waals surface area contributed by atoms with E-state index in [9.17, 15) is 14.9 Å². The molecule has 6 nitrogen and oxygen atoms in total. The Hall–Kier alpha value is -3.37. The molecule has 0 fully saturated rings. The normalized spacial score (nSPS) is 19.2. The van der Waals surface area contributed by atoms with Gasteiger partial charge in [0.05, 0.1) is 23.1 Å². The number of carbonyl (C=O) groups excluding carboxylic acids is 2.